The average Bonchev–Trinajstić information content (AvgIpc) is 3.12. The summed E-state index contributed by atoms with van der Waals surface area (Å²) in [4.78, 5) is 22.8. The maximum absolute atomic E-state index is 12.3. The van der Waals surface area contributed by atoms with E-state index in [4.69, 9.17) is 15.2 Å². The van der Waals surface area contributed by atoms with E-state index in [0.717, 1.165) is 44.0 Å². The van der Waals surface area contributed by atoms with Gasteiger partial charge in [0.1, 0.15) is 11.6 Å². The zero-order chi connectivity index (χ0) is 16.5. The summed E-state index contributed by atoms with van der Waals surface area (Å²) < 4.78 is 11.1. The van der Waals surface area contributed by atoms with Crippen molar-refractivity contribution in [3.05, 3.63) is 5.56 Å². The molecule has 7 heteroatoms. The SMILES string of the molecule is Nc1nc(OCCC2CC2)nc2c1CC(=O)N2CC[C@H]1CCOC1. The van der Waals surface area contributed by atoms with Crippen LogP contribution in [0.5, 0.6) is 6.01 Å². The standard InChI is InChI=1S/C17H24N4O3/c18-15-13-9-14(22)21(6-3-12-4-7-23-10-12)16(13)20-17(19-15)24-8-5-11-1-2-11/h11-12H,1-10H2,(H2,18,19,20)/t12-/m0/s1. The Hall–Kier alpha value is -1.89. The van der Waals surface area contributed by atoms with E-state index in [2.05, 4.69) is 9.97 Å². The normalized spacial score (nSPS) is 22.9. The molecule has 0 unspecified atom stereocenters. The van der Waals surface area contributed by atoms with Gasteiger partial charge in [-0.3, -0.25) is 9.69 Å². The minimum absolute atomic E-state index is 0.0417. The molecule has 1 aliphatic carbocycles. The molecule has 24 heavy (non-hydrogen) atoms. The second kappa shape index (κ2) is 6.55. The van der Waals surface area contributed by atoms with Crippen molar-refractivity contribution >= 4 is 17.5 Å². The van der Waals surface area contributed by atoms with Gasteiger partial charge >= 0.3 is 6.01 Å². The van der Waals surface area contributed by atoms with Crippen molar-refractivity contribution < 1.29 is 14.3 Å². The van der Waals surface area contributed by atoms with Gasteiger partial charge in [-0.15, -0.1) is 0 Å². The Morgan fingerprint density at radius 2 is 2.08 bits per heavy atom. The summed E-state index contributed by atoms with van der Waals surface area (Å²) in [7, 11) is 0. The monoisotopic (exact) mass is 332 g/mol. The Morgan fingerprint density at radius 3 is 2.83 bits per heavy atom. The molecule has 3 aliphatic rings. The molecule has 2 N–H and O–H groups in total. The zero-order valence-corrected chi connectivity index (χ0v) is 13.9. The predicted molar refractivity (Wildman–Crippen MR) is 88.9 cm³/mol. The summed E-state index contributed by atoms with van der Waals surface area (Å²) in [6.45, 7) is 2.87. The van der Waals surface area contributed by atoms with E-state index in [-0.39, 0.29) is 18.3 Å². The lowest BCUT2D eigenvalue weighted by Crippen LogP contribution is -2.29. The first-order chi connectivity index (χ1) is 11.7. The van der Waals surface area contributed by atoms with Crippen molar-refractivity contribution in [2.75, 3.05) is 37.0 Å². The van der Waals surface area contributed by atoms with Gasteiger partial charge in [-0.2, -0.15) is 9.97 Å². The third-order valence-corrected chi connectivity index (χ3v) is 5.12. The van der Waals surface area contributed by atoms with E-state index in [1.54, 1.807) is 4.90 Å². The van der Waals surface area contributed by atoms with Crippen LogP contribution in [0, 0.1) is 11.8 Å². The fraction of sp³-hybridized carbons (Fsp3) is 0.706. The molecule has 2 fully saturated rings. The first-order valence-electron chi connectivity index (χ1n) is 8.88. The highest BCUT2D eigenvalue weighted by atomic mass is 16.5. The summed E-state index contributed by atoms with van der Waals surface area (Å²) >= 11 is 0. The van der Waals surface area contributed by atoms with Crippen LogP contribution in [0.1, 0.15) is 37.7 Å². The number of rotatable bonds is 7. The van der Waals surface area contributed by atoms with E-state index >= 15 is 0 Å². The van der Waals surface area contributed by atoms with Gasteiger partial charge in [0.2, 0.25) is 5.91 Å². The van der Waals surface area contributed by atoms with Gasteiger partial charge in [0.05, 0.1) is 13.0 Å². The molecule has 1 amide bonds. The minimum Gasteiger partial charge on any atom is -0.463 e. The molecule has 2 aliphatic heterocycles. The molecule has 0 aromatic carbocycles. The van der Waals surface area contributed by atoms with Crippen LogP contribution in [-0.4, -0.2) is 42.2 Å². The first-order valence-corrected chi connectivity index (χ1v) is 8.88. The number of amides is 1. The molecule has 1 aromatic heterocycles. The van der Waals surface area contributed by atoms with E-state index in [9.17, 15) is 4.79 Å². The quantitative estimate of drug-likeness (QED) is 0.815. The molecular formula is C17H24N4O3. The van der Waals surface area contributed by atoms with Crippen LogP contribution in [0.4, 0.5) is 11.6 Å². The molecule has 0 radical (unpaired) electrons. The number of nitrogen functional groups attached to an aromatic ring is 1. The molecule has 0 bridgehead atoms. The number of carbonyl (C=O) groups is 1. The molecule has 1 saturated carbocycles. The van der Waals surface area contributed by atoms with Crippen molar-refractivity contribution in [1.82, 2.24) is 9.97 Å². The molecule has 1 aromatic rings. The number of nitrogens with zero attached hydrogens (tertiary/aromatic N) is 3. The number of nitrogens with two attached hydrogens (primary N) is 1. The predicted octanol–water partition coefficient (Wildman–Crippen LogP) is 1.55. The Bertz CT molecular complexity index is 627. The van der Waals surface area contributed by atoms with Crippen LogP contribution in [0.25, 0.3) is 0 Å². The van der Waals surface area contributed by atoms with Crippen molar-refractivity contribution in [2.24, 2.45) is 11.8 Å². The second-order valence-corrected chi connectivity index (χ2v) is 7.01. The number of anilines is 2. The van der Waals surface area contributed by atoms with Crippen LogP contribution in [0.3, 0.4) is 0 Å². The second-order valence-electron chi connectivity index (χ2n) is 7.01. The highest BCUT2D eigenvalue weighted by molar-refractivity contribution is 6.01. The number of carbonyl (C=O) groups excluding carboxylic acids is 1. The lowest BCUT2D eigenvalue weighted by Gasteiger charge is -2.18. The maximum atomic E-state index is 12.3. The van der Waals surface area contributed by atoms with Crippen LogP contribution in [0.15, 0.2) is 0 Å². The van der Waals surface area contributed by atoms with Crippen LogP contribution in [0.2, 0.25) is 0 Å². The topological polar surface area (TPSA) is 90.6 Å². The Kier molecular flexibility index (Phi) is 4.26. The van der Waals surface area contributed by atoms with E-state index in [0.29, 0.717) is 30.7 Å². The molecule has 4 rings (SSSR count). The Morgan fingerprint density at radius 1 is 1.21 bits per heavy atom. The van der Waals surface area contributed by atoms with Gasteiger partial charge in [0.25, 0.3) is 0 Å². The molecular weight excluding hydrogens is 308 g/mol. The fourth-order valence-corrected chi connectivity index (χ4v) is 3.37. The van der Waals surface area contributed by atoms with Crippen molar-refractivity contribution in [1.29, 1.82) is 0 Å². The zero-order valence-electron chi connectivity index (χ0n) is 13.9. The van der Waals surface area contributed by atoms with E-state index in [1.807, 2.05) is 0 Å². The number of ether oxygens (including phenoxy) is 2. The first kappa shape index (κ1) is 15.6. The largest absolute Gasteiger partial charge is 0.463 e. The van der Waals surface area contributed by atoms with Crippen LogP contribution < -0.4 is 15.4 Å². The smallest absolute Gasteiger partial charge is 0.320 e. The highest BCUT2D eigenvalue weighted by Gasteiger charge is 2.33. The Balaban J connectivity index is 1.44. The average molecular weight is 332 g/mol. The molecule has 0 spiro atoms. The molecule has 3 heterocycles. The number of hydrogen-bond donors (Lipinski definition) is 1. The fourth-order valence-electron chi connectivity index (χ4n) is 3.37. The maximum Gasteiger partial charge on any atom is 0.320 e. The van der Waals surface area contributed by atoms with Gasteiger partial charge in [-0.25, -0.2) is 0 Å². The summed E-state index contributed by atoms with van der Waals surface area (Å²) in [6.07, 6.45) is 5.89. The molecule has 1 atom stereocenters. The molecule has 7 nitrogen and oxygen atoms in total. The van der Waals surface area contributed by atoms with E-state index in [1.165, 1.54) is 12.8 Å². The number of fused-ring (bicyclic) bond motifs is 1. The van der Waals surface area contributed by atoms with Gasteiger partial charge in [0.15, 0.2) is 0 Å². The van der Waals surface area contributed by atoms with Crippen LogP contribution >= 0.6 is 0 Å². The molecule has 1 saturated heterocycles. The summed E-state index contributed by atoms with van der Waals surface area (Å²) in [6, 6.07) is 0.288. The van der Waals surface area contributed by atoms with Crippen LogP contribution in [-0.2, 0) is 16.0 Å². The Labute approximate surface area is 141 Å². The number of hydrogen-bond acceptors (Lipinski definition) is 6. The lowest BCUT2D eigenvalue weighted by atomic mass is 10.1. The van der Waals surface area contributed by atoms with Gasteiger partial charge in [-0.1, -0.05) is 12.8 Å². The van der Waals surface area contributed by atoms with Crippen molar-refractivity contribution in [3.8, 4) is 6.01 Å². The number of aromatic nitrogens is 2. The summed E-state index contributed by atoms with van der Waals surface area (Å²) in [5.41, 5.74) is 6.76. The third kappa shape index (κ3) is 3.31. The van der Waals surface area contributed by atoms with Gasteiger partial charge in [0, 0.05) is 25.3 Å². The third-order valence-electron chi connectivity index (χ3n) is 5.12. The van der Waals surface area contributed by atoms with Gasteiger partial charge in [-0.05, 0) is 31.1 Å². The highest BCUT2D eigenvalue weighted by Crippen LogP contribution is 2.34. The summed E-state index contributed by atoms with van der Waals surface area (Å²) in [5.74, 6) is 2.35. The summed E-state index contributed by atoms with van der Waals surface area (Å²) in [5, 5.41) is 0. The lowest BCUT2D eigenvalue weighted by molar-refractivity contribution is -0.117. The van der Waals surface area contributed by atoms with E-state index < -0.39 is 0 Å². The van der Waals surface area contributed by atoms with Gasteiger partial charge < -0.3 is 15.2 Å². The van der Waals surface area contributed by atoms with Crippen molar-refractivity contribution in [2.45, 2.75) is 38.5 Å². The van der Waals surface area contributed by atoms with Crippen molar-refractivity contribution in [3.63, 3.8) is 0 Å². The molecule has 130 valence electrons. The minimum atomic E-state index is 0.0417.